The van der Waals surface area contributed by atoms with Crippen LogP contribution in [0.3, 0.4) is 0 Å². The van der Waals surface area contributed by atoms with Gasteiger partial charge in [0.05, 0.1) is 17.1 Å². The van der Waals surface area contributed by atoms with Crippen molar-refractivity contribution < 1.29 is 23.4 Å². The van der Waals surface area contributed by atoms with Crippen LogP contribution in [-0.4, -0.2) is 37.2 Å². The van der Waals surface area contributed by atoms with E-state index in [-0.39, 0.29) is 17.1 Å². The number of aliphatic hydroxyl groups is 1. The number of carbonyl (C=O) groups is 1. The topological polar surface area (TPSA) is 104 Å². The van der Waals surface area contributed by atoms with E-state index < -0.39 is 22.0 Å². The van der Waals surface area contributed by atoms with Gasteiger partial charge in [-0.25, -0.2) is 17.9 Å². The Morgan fingerprint density at radius 1 is 1.04 bits per heavy atom. The molecule has 0 amide bonds. The normalized spacial score (nSPS) is 12.8. The number of nitrogens with one attached hydrogen (secondary N) is 1. The Hall–Kier alpha value is -2.22. The first-order valence-electron chi connectivity index (χ1n) is 7.44. The predicted octanol–water partition coefficient (Wildman–Crippen LogP) is 2.10. The molecule has 24 heavy (non-hydrogen) atoms. The molecule has 2 aromatic rings. The minimum atomic E-state index is -3.69. The fourth-order valence-corrected chi connectivity index (χ4v) is 3.48. The van der Waals surface area contributed by atoms with Crippen molar-refractivity contribution in [2.24, 2.45) is 0 Å². The maximum Gasteiger partial charge on any atom is 0.335 e. The highest BCUT2D eigenvalue weighted by Crippen LogP contribution is 2.22. The summed E-state index contributed by atoms with van der Waals surface area (Å²) in [7, 11) is -3.69. The van der Waals surface area contributed by atoms with Crippen LogP contribution in [0.1, 0.15) is 23.7 Å². The average Bonchev–Trinajstić information content (AvgIpc) is 2.60. The summed E-state index contributed by atoms with van der Waals surface area (Å²) in [5.41, 5.74) is 1.76. The summed E-state index contributed by atoms with van der Waals surface area (Å²) in [5.74, 6) is -0.997. The Morgan fingerprint density at radius 3 is 1.96 bits per heavy atom. The minimum Gasteiger partial charge on any atom is -0.478 e. The second kappa shape index (κ2) is 7.57. The van der Waals surface area contributed by atoms with Crippen LogP contribution in [0.25, 0.3) is 11.1 Å². The molecule has 2 aromatic carbocycles. The SMILES string of the molecule is CCC(CO)NS(=O)(=O)c1ccc(-c2ccc(C(=O)O)cc2)cc1. The van der Waals surface area contributed by atoms with Gasteiger partial charge in [0.2, 0.25) is 10.0 Å². The van der Waals surface area contributed by atoms with Crippen LogP contribution in [0.2, 0.25) is 0 Å². The third-order valence-corrected chi connectivity index (χ3v) is 5.20. The summed E-state index contributed by atoms with van der Waals surface area (Å²) >= 11 is 0. The van der Waals surface area contributed by atoms with Crippen molar-refractivity contribution in [1.82, 2.24) is 4.72 Å². The van der Waals surface area contributed by atoms with Crippen LogP contribution in [0.4, 0.5) is 0 Å². The molecule has 1 atom stereocenters. The Kier molecular flexibility index (Phi) is 5.71. The molecular weight excluding hydrogens is 330 g/mol. The van der Waals surface area contributed by atoms with Gasteiger partial charge in [-0.3, -0.25) is 0 Å². The van der Waals surface area contributed by atoms with E-state index in [0.29, 0.717) is 6.42 Å². The van der Waals surface area contributed by atoms with Crippen LogP contribution < -0.4 is 4.72 Å². The Bertz CT molecular complexity index is 794. The molecule has 0 bridgehead atoms. The van der Waals surface area contributed by atoms with E-state index >= 15 is 0 Å². The van der Waals surface area contributed by atoms with Crippen molar-refractivity contribution >= 4 is 16.0 Å². The quantitative estimate of drug-likeness (QED) is 0.710. The zero-order chi connectivity index (χ0) is 17.7. The molecule has 128 valence electrons. The average molecular weight is 349 g/mol. The van der Waals surface area contributed by atoms with Crippen LogP contribution in [0, 0.1) is 0 Å². The molecular formula is C17H19NO5S. The minimum absolute atomic E-state index is 0.111. The van der Waals surface area contributed by atoms with Gasteiger partial charge >= 0.3 is 5.97 Å². The van der Waals surface area contributed by atoms with E-state index in [9.17, 15) is 13.2 Å². The number of aromatic carboxylic acids is 1. The van der Waals surface area contributed by atoms with Crippen LogP contribution >= 0.6 is 0 Å². The highest BCUT2D eigenvalue weighted by atomic mass is 32.2. The molecule has 7 heteroatoms. The summed E-state index contributed by atoms with van der Waals surface area (Å²) < 4.78 is 26.9. The molecule has 0 fully saturated rings. The molecule has 6 nitrogen and oxygen atoms in total. The van der Waals surface area contributed by atoms with Gasteiger partial charge < -0.3 is 10.2 Å². The van der Waals surface area contributed by atoms with E-state index in [1.807, 2.05) is 0 Å². The lowest BCUT2D eigenvalue weighted by Gasteiger charge is -2.14. The highest BCUT2D eigenvalue weighted by molar-refractivity contribution is 7.89. The molecule has 0 saturated heterocycles. The lowest BCUT2D eigenvalue weighted by Crippen LogP contribution is -2.36. The molecule has 0 aromatic heterocycles. The summed E-state index contributed by atoms with van der Waals surface area (Å²) in [4.78, 5) is 11.0. The number of aliphatic hydroxyl groups excluding tert-OH is 1. The first kappa shape index (κ1) is 18.1. The molecule has 0 saturated carbocycles. The maximum atomic E-state index is 12.2. The molecule has 0 aliphatic heterocycles. The van der Waals surface area contributed by atoms with Crippen molar-refractivity contribution in [3.05, 3.63) is 54.1 Å². The third-order valence-electron chi connectivity index (χ3n) is 3.66. The van der Waals surface area contributed by atoms with E-state index in [1.54, 1.807) is 31.2 Å². The molecule has 2 rings (SSSR count). The largest absolute Gasteiger partial charge is 0.478 e. The van der Waals surface area contributed by atoms with E-state index in [1.165, 1.54) is 24.3 Å². The first-order valence-corrected chi connectivity index (χ1v) is 8.92. The monoisotopic (exact) mass is 349 g/mol. The molecule has 0 radical (unpaired) electrons. The van der Waals surface area contributed by atoms with E-state index in [2.05, 4.69) is 4.72 Å². The van der Waals surface area contributed by atoms with Gasteiger partial charge in [0.1, 0.15) is 0 Å². The molecule has 0 heterocycles. The summed E-state index contributed by atoms with van der Waals surface area (Å²) in [5, 5.41) is 18.0. The van der Waals surface area contributed by atoms with Crippen LogP contribution in [0.15, 0.2) is 53.4 Å². The Labute approximate surface area is 140 Å². The Balaban J connectivity index is 2.22. The fourth-order valence-electron chi connectivity index (χ4n) is 2.17. The highest BCUT2D eigenvalue weighted by Gasteiger charge is 2.18. The molecule has 3 N–H and O–H groups in total. The van der Waals surface area contributed by atoms with Crippen molar-refractivity contribution in [2.45, 2.75) is 24.3 Å². The first-order chi connectivity index (χ1) is 11.4. The van der Waals surface area contributed by atoms with Gasteiger partial charge in [-0.05, 0) is 41.8 Å². The second-order valence-electron chi connectivity index (χ2n) is 5.32. The zero-order valence-electron chi connectivity index (χ0n) is 13.1. The van der Waals surface area contributed by atoms with Gasteiger partial charge in [0, 0.05) is 6.04 Å². The molecule has 0 spiro atoms. The number of hydrogen-bond acceptors (Lipinski definition) is 4. The summed E-state index contributed by atoms with van der Waals surface area (Å²) in [6.45, 7) is 1.52. The van der Waals surface area contributed by atoms with E-state index in [0.717, 1.165) is 11.1 Å². The molecule has 1 unspecified atom stereocenters. The predicted molar refractivity (Wildman–Crippen MR) is 90.3 cm³/mol. The second-order valence-corrected chi connectivity index (χ2v) is 7.03. The lowest BCUT2D eigenvalue weighted by atomic mass is 10.0. The van der Waals surface area contributed by atoms with Gasteiger partial charge in [0.25, 0.3) is 0 Å². The molecule has 0 aliphatic carbocycles. The van der Waals surface area contributed by atoms with Crippen molar-refractivity contribution in [3.8, 4) is 11.1 Å². The number of rotatable bonds is 7. The number of sulfonamides is 1. The maximum absolute atomic E-state index is 12.2. The van der Waals surface area contributed by atoms with Gasteiger partial charge in [0.15, 0.2) is 0 Å². The van der Waals surface area contributed by atoms with E-state index in [4.69, 9.17) is 10.2 Å². The lowest BCUT2D eigenvalue weighted by molar-refractivity contribution is 0.0697. The third kappa shape index (κ3) is 4.19. The van der Waals surface area contributed by atoms with Crippen molar-refractivity contribution in [3.63, 3.8) is 0 Å². The smallest absolute Gasteiger partial charge is 0.335 e. The zero-order valence-corrected chi connectivity index (χ0v) is 14.0. The summed E-state index contributed by atoms with van der Waals surface area (Å²) in [6, 6.07) is 12.1. The number of hydrogen-bond donors (Lipinski definition) is 3. The van der Waals surface area contributed by atoms with Gasteiger partial charge in [-0.15, -0.1) is 0 Å². The van der Waals surface area contributed by atoms with Crippen LogP contribution in [-0.2, 0) is 10.0 Å². The van der Waals surface area contributed by atoms with Crippen molar-refractivity contribution in [1.29, 1.82) is 0 Å². The number of carboxylic acid groups (broad SMARTS) is 1. The fraction of sp³-hybridized carbons (Fsp3) is 0.235. The standard InChI is InChI=1S/C17H19NO5S/c1-2-15(11-19)18-24(22,23)16-9-7-13(8-10-16)12-3-5-14(6-4-12)17(20)21/h3-10,15,18-19H,2,11H2,1H3,(H,20,21). The van der Waals surface area contributed by atoms with Crippen molar-refractivity contribution in [2.75, 3.05) is 6.61 Å². The summed E-state index contributed by atoms with van der Waals surface area (Å²) in [6.07, 6.45) is 0.490. The number of carboxylic acids is 1. The van der Waals surface area contributed by atoms with Gasteiger partial charge in [-0.1, -0.05) is 31.2 Å². The molecule has 0 aliphatic rings. The van der Waals surface area contributed by atoms with Crippen LogP contribution in [0.5, 0.6) is 0 Å². The number of benzene rings is 2. The Morgan fingerprint density at radius 2 is 1.54 bits per heavy atom. The van der Waals surface area contributed by atoms with Gasteiger partial charge in [-0.2, -0.15) is 0 Å².